The number of benzene rings is 3. The normalized spacial score (nSPS) is 12.1. The van der Waals surface area contributed by atoms with Gasteiger partial charge in [-0.15, -0.1) is 0 Å². The van der Waals surface area contributed by atoms with E-state index in [0.717, 1.165) is 21.0 Å². The molecule has 0 heterocycles. The number of hydrogen-bond acceptors (Lipinski definition) is 5. The highest BCUT2D eigenvalue weighted by molar-refractivity contribution is 7.92. The molecule has 0 aliphatic carbocycles. The molecule has 0 bridgehead atoms. The summed E-state index contributed by atoms with van der Waals surface area (Å²) in [7, 11) is -2.74. The van der Waals surface area contributed by atoms with Crippen molar-refractivity contribution >= 4 is 39.1 Å². The molecule has 10 heteroatoms. The third kappa shape index (κ3) is 8.01. The fourth-order valence-corrected chi connectivity index (χ4v) is 6.14. The number of ether oxygens (including phenoxy) is 1. The Morgan fingerprint density at radius 1 is 0.976 bits per heavy atom. The minimum atomic E-state index is -4.20. The molecule has 1 atom stereocenters. The third-order valence-electron chi connectivity index (χ3n) is 6.56. The van der Waals surface area contributed by atoms with Crippen LogP contribution >= 0.6 is 11.6 Å². The first-order valence-corrected chi connectivity index (χ1v) is 15.3. The summed E-state index contributed by atoms with van der Waals surface area (Å²) >= 11 is 6.38. The lowest BCUT2D eigenvalue weighted by atomic mass is 10.1. The molecule has 41 heavy (non-hydrogen) atoms. The summed E-state index contributed by atoms with van der Waals surface area (Å²) in [5.74, 6) is -0.462. The molecule has 3 aromatic carbocycles. The van der Waals surface area contributed by atoms with Crippen LogP contribution in [0.15, 0.2) is 71.6 Å². The summed E-state index contributed by atoms with van der Waals surface area (Å²) in [4.78, 5) is 28.8. The lowest BCUT2D eigenvalue weighted by Crippen LogP contribution is -2.53. The highest BCUT2D eigenvalue weighted by Gasteiger charge is 2.34. The fourth-order valence-electron chi connectivity index (χ4n) is 4.48. The fraction of sp³-hybridized carbons (Fsp3) is 0.355. The quantitative estimate of drug-likeness (QED) is 0.297. The predicted octanol–water partition coefficient (Wildman–Crippen LogP) is 5.49. The largest absolute Gasteiger partial charge is 0.495 e. The molecule has 220 valence electrons. The van der Waals surface area contributed by atoms with Crippen molar-refractivity contribution in [3.63, 3.8) is 0 Å². The Labute approximate surface area is 248 Å². The minimum Gasteiger partial charge on any atom is -0.495 e. The molecule has 1 N–H and O–H groups in total. The van der Waals surface area contributed by atoms with Crippen LogP contribution in [0.4, 0.5) is 5.69 Å². The van der Waals surface area contributed by atoms with Gasteiger partial charge < -0.3 is 15.0 Å². The van der Waals surface area contributed by atoms with Gasteiger partial charge in [-0.25, -0.2) is 8.42 Å². The van der Waals surface area contributed by atoms with Crippen LogP contribution in [0, 0.1) is 13.8 Å². The first-order chi connectivity index (χ1) is 19.4. The SMILES string of the molecule is CC[C@H](C(=O)NC(C)C)N(Cc1cccc(C)c1)C(=O)CN(c1ccc(OC)c(Cl)c1)S(=O)(=O)c1ccc(C)cc1. The Balaban J connectivity index is 2.10. The van der Waals surface area contributed by atoms with Gasteiger partial charge in [-0.3, -0.25) is 13.9 Å². The van der Waals surface area contributed by atoms with Crippen LogP contribution in [0.1, 0.15) is 43.9 Å². The maximum atomic E-state index is 14.1. The topological polar surface area (TPSA) is 96.0 Å². The molecule has 0 radical (unpaired) electrons. The highest BCUT2D eigenvalue weighted by atomic mass is 35.5. The summed E-state index contributed by atoms with van der Waals surface area (Å²) in [6.45, 7) is 8.91. The molecule has 0 aromatic heterocycles. The summed E-state index contributed by atoms with van der Waals surface area (Å²) in [6.07, 6.45) is 0.342. The predicted molar refractivity (Wildman–Crippen MR) is 163 cm³/mol. The first-order valence-electron chi connectivity index (χ1n) is 13.5. The van der Waals surface area contributed by atoms with Crippen molar-refractivity contribution in [3.05, 3.63) is 88.4 Å². The van der Waals surface area contributed by atoms with E-state index >= 15 is 0 Å². The molecule has 0 spiro atoms. The molecular weight excluding hydrogens is 562 g/mol. The standard InChI is InChI=1S/C31H38ClN3O5S/c1-7-28(31(37)33-21(2)3)34(19-24-10-8-9-23(5)17-24)30(36)20-35(25-13-16-29(40-6)27(32)18-25)41(38,39)26-14-11-22(4)12-15-26/h8-18,21,28H,7,19-20H2,1-6H3,(H,33,37)/t28-/m1/s1. The van der Waals surface area contributed by atoms with E-state index in [0.29, 0.717) is 12.2 Å². The van der Waals surface area contributed by atoms with E-state index in [9.17, 15) is 18.0 Å². The number of rotatable bonds is 12. The van der Waals surface area contributed by atoms with Gasteiger partial charge in [0.25, 0.3) is 10.0 Å². The summed E-state index contributed by atoms with van der Waals surface area (Å²) in [5.41, 5.74) is 2.92. The number of carbonyl (C=O) groups excluding carboxylic acids is 2. The van der Waals surface area contributed by atoms with E-state index < -0.39 is 28.5 Å². The number of sulfonamides is 1. The van der Waals surface area contributed by atoms with Crippen LogP contribution in [-0.4, -0.2) is 50.9 Å². The lowest BCUT2D eigenvalue weighted by molar-refractivity contribution is -0.140. The lowest BCUT2D eigenvalue weighted by Gasteiger charge is -2.33. The van der Waals surface area contributed by atoms with Crippen LogP contribution < -0.4 is 14.4 Å². The van der Waals surface area contributed by atoms with Crippen LogP contribution in [0.25, 0.3) is 0 Å². The number of nitrogens with zero attached hydrogens (tertiary/aromatic N) is 2. The van der Waals surface area contributed by atoms with Gasteiger partial charge in [0.05, 0.1) is 22.7 Å². The van der Waals surface area contributed by atoms with Crippen molar-refractivity contribution in [2.24, 2.45) is 0 Å². The van der Waals surface area contributed by atoms with Crippen molar-refractivity contribution in [2.45, 2.75) is 64.6 Å². The van der Waals surface area contributed by atoms with Crippen LogP contribution in [0.3, 0.4) is 0 Å². The summed E-state index contributed by atoms with van der Waals surface area (Å²) in [5, 5.41) is 3.09. The Kier molecular flexibility index (Phi) is 10.8. The summed E-state index contributed by atoms with van der Waals surface area (Å²) < 4.78 is 34.3. The van der Waals surface area contributed by atoms with E-state index in [1.54, 1.807) is 18.2 Å². The zero-order valence-electron chi connectivity index (χ0n) is 24.3. The zero-order valence-corrected chi connectivity index (χ0v) is 25.9. The second-order valence-corrected chi connectivity index (χ2v) is 12.5. The van der Waals surface area contributed by atoms with Gasteiger partial charge in [-0.1, -0.05) is 66.0 Å². The molecule has 0 saturated heterocycles. The van der Waals surface area contributed by atoms with E-state index in [1.165, 1.54) is 36.3 Å². The third-order valence-corrected chi connectivity index (χ3v) is 8.65. The van der Waals surface area contributed by atoms with Crippen molar-refractivity contribution in [2.75, 3.05) is 18.0 Å². The summed E-state index contributed by atoms with van der Waals surface area (Å²) in [6, 6.07) is 17.6. The van der Waals surface area contributed by atoms with Crippen LogP contribution in [0.2, 0.25) is 5.02 Å². The Hall–Kier alpha value is -3.56. The number of amides is 2. The van der Waals surface area contributed by atoms with Crippen molar-refractivity contribution in [1.29, 1.82) is 0 Å². The number of anilines is 1. The maximum absolute atomic E-state index is 14.1. The Bertz CT molecular complexity index is 1480. The van der Waals surface area contributed by atoms with Gasteiger partial charge >= 0.3 is 0 Å². The molecular formula is C31H38ClN3O5S. The monoisotopic (exact) mass is 599 g/mol. The van der Waals surface area contributed by atoms with Crippen molar-refractivity contribution in [1.82, 2.24) is 10.2 Å². The second-order valence-electron chi connectivity index (χ2n) is 10.2. The van der Waals surface area contributed by atoms with E-state index in [-0.39, 0.29) is 34.1 Å². The van der Waals surface area contributed by atoms with E-state index in [2.05, 4.69) is 5.32 Å². The molecule has 0 unspecified atom stereocenters. The van der Waals surface area contributed by atoms with Crippen LogP contribution in [0.5, 0.6) is 5.75 Å². The number of hydrogen-bond donors (Lipinski definition) is 1. The van der Waals surface area contributed by atoms with Crippen molar-refractivity contribution < 1.29 is 22.7 Å². The van der Waals surface area contributed by atoms with Gasteiger partial charge in [0.1, 0.15) is 18.3 Å². The molecule has 0 aliphatic heterocycles. The molecule has 3 aromatic rings. The Morgan fingerprint density at radius 3 is 2.22 bits per heavy atom. The highest BCUT2D eigenvalue weighted by Crippen LogP contribution is 2.32. The van der Waals surface area contributed by atoms with E-state index in [1.807, 2.05) is 58.9 Å². The molecule has 0 fully saturated rings. The molecule has 3 rings (SSSR count). The second kappa shape index (κ2) is 13.9. The van der Waals surface area contributed by atoms with Gasteiger partial charge in [-0.05, 0) is 70.0 Å². The molecule has 2 amide bonds. The number of aryl methyl sites for hydroxylation is 2. The number of halogens is 1. The number of methoxy groups -OCH3 is 1. The first kappa shape index (κ1) is 32.0. The number of carbonyl (C=O) groups is 2. The van der Waals surface area contributed by atoms with Gasteiger partial charge in [-0.2, -0.15) is 0 Å². The van der Waals surface area contributed by atoms with Crippen LogP contribution in [-0.2, 0) is 26.2 Å². The van der Waals surface area contributed by atoms with E-state index in [4.69, 9.17) is 16.3 Å². The Morgan fingerprint density at radius 2 is 1.66 bits per heavy atom. The van der Waals surface area contributed by atoms with Gasteiger partial charge in [0.15, 0.2) is 0 Å². The molecule has 8 nitrogen and oxygen atoms in total. The average Bonchev–Trinajstić information content (AvgIpc) is 2.91. The average molecular weight is 600 g/mol. The zero-order chi connectivity index (χ0) is 30.3. The smallest absolute Gasteiger partial charge is 0.264 e. The molecule has 0 saturated carbocycles. The molecule has 0 aliphatic rings. The minimum absolute atomic E-state index is 0.0256. The van der Waals surface area contributed by atoms with Gasteiger partial charge in [0, 0.05) is 12.6 Å². The maximum Gasteiger partial charge on any atom is 0.264 e. The number of nitrogens with one attached hydrogen (secondary N) is 1. The van der Waals surface area contributed by atoms with Crippen molar-refractivity contribution in [3.8, 4) is 5.75 Å². The van der Waals surface area contributed by atoms with Gasteiger partial charge in [0.2, 0.25) is 11.8 Å².